The van der Waals surface area contributed by atoms with Crippen LogP contribution >= 0.6 is 0 Å². The molecule has 0 aliphatic heterocycles. The van der Waals surface area contributed by atoms with Crippen molar-refractivity contribution in [3.05, 3.63) is 47.8 Å². The van der Waals surface area contributed by atoms with Gasteiger partial charge in [-0.2, -0.15) is 0 Å². The Balaban J connectivity index is 2.26. The Morgan fingerprint density at radius 2 is 1.45 bits per heavy atom. The van der Waals surface area contributed by atoms with Gasteiger partial charge in [-0.25, -0.2) is 4.79 Å². The molecule has 2 aromatic heterocycles. The van der Waals surface area contributed by atoms with Crippen LogP contribution < -0.4 is 0 Å². The van der Waals surface area contributed by atoms with Crippen molar-refractivity contribution >= 4 is 11.8 Å². The van der Waals surface area contributed by atoms with Gasteiger partial charge in [-0.15, -0.1) is 0 Å². The van der Waals surface area contributed by atoms with Crippen LogP contribution in [0.15, 0.2) is 36.7 Å². The number of rotatable bonds is 4. The van der Waals surface area contributed by atoms with Gasteiger partial charge in [0.15, 0.2) is 5.78 Å². The van der Waals surface area contributed by atoms with E-state index in [1.54, 1.807) is 18.2 Å². The molecule has 1 N–H and O–H groups in total. The van der Waals surface area contributed by atoms with E-state index in [1.807, 2.05) is 13.8 Å². The van der Waals surface area contributed by atoms with Gasteiger partial charge in [0, 0.05) is 23.9 Å². The fourth-order valence-corrected chi connectivity index (χ4v) is 1.70. The van der Waals surface area contributed by atoms with Crippen molar-refractivity contribution in [2.45, 2.75) is 13.8 Å². The van der Waals surface area contributed by atoms with Crippen LogP contribution in [0.5, 0.6) is 0 Å². The molecule has 0 saturated carbocycles. The summed E-state index contributed by atoms with van der Waals surface area (Å²) in [6.07, 6.45) is 2.80. The second kappa shape index (κ2) is 5.61. The van der Waals surface area contributed by atoms with Crippen molar-refractivity contribution in [3.63, 3.8) is 0 Å². The number of pyridine rings is 2. The zero-order valence-electron chi connectivity index (χ0n) is 11.2. The fourth-order valence-electron chi connectivity index (χ4n) is 1.70. The van der Waals surface area contributed by atoms with Crippen molar-refractivity contribution < 1.29 is 14.7 Å². The van der Waals surface area contributed by atoms with Gasteiger partial charge in [-0.3, -0.25) is 14.8 Å². The Morgan fingerprint density at radius 3 is 1.80 bits per heavy atom. The van der Waals surface area contributed by atoms with Crippen molar-refractivity contribution in [1.29, 1.82) is 0 Å². The smallest absolute Gasteiger partial charge is 0.337 e. The lowest BCUT2D eigenvalue weighted by molar-refractivity contribution is 0.0696. The molecule has 0 saturated heterocycles. The minimum absolute atomic E-state index is 0.0400. The summed E-state index contributed by atoms with van der Waals surface area (Å²) in [7, 11) is 0. The molecule has 0 fully saturated rings. The highest BCUT2D eigenvalue weighted by atomic mass is 16.4. The van der Waals surface area contributed by atoms with Gasteiger partial charge in [0.25, 0.3) is 0 Å². The second-order valence-electron chi connectivity index (χ2n) is 4.69. The molecule has 0 spiro atoms. The summed E-state index contributed by atoms with van der Waals surface area (Å²) < 4.78 is 0. The quantitative estimate of drug-likeness (QED) is 0.864. The molecule has 0 radical (unpaired) electrons. The van der Waals surface area contributed by atoms with E-state index in [0.717, 1.165) is 0 Å². The van der Waals surface area contributed by atoms with Crippen molar-refractivity contribution in [2.24, 2.45) is 5.92 Å². The summed E-state index contributed by atoms with van der Waals surface area (Å²) in [6, 6.07) is 6.48. The van der Waals surface area contributed by atoms with E-state index >= 15 is 0 Å². The minimum Gasteiger partial charge on any atom is -0.478 e. The molecule has 0 aliphatic rings. The highest BCUT2D eigenvalue weighted by molar-refractivity contribution is 5.97. The first kappa shape index (κ1) is 13.9. The highest BCUT2D eigenvalue weighted by Gasteiger charge is 2.11. The number of carboxylic acids is 1. The number of aromatic carboxylic acids is 1. The van der Waals surface area contributed by atoms with E-state index in [9.17, 15) is 9.59 Å². The van der Waals surface area contributed by atoms with Crippen LogP contribution in [0.25, 0.3) is 11.4 Å². The van der Waals surface area contributed by atoms with E-state index in [-0.39, 0.29) is 17.3 Å². The van der Waals surface area contributed by atoms with Crippen molar-refractivity contribution in [3.8, 4) is 11.4 Å². The molecule has 2 rings (SSSR count). The molecule has 5 heteroatoms. The van der Waals surface area contributed by atoms with E-state index in [0.29, 0.717) is 17.0 Å². The summed E-state index contributed by atoms with van der Waals surface area (Å²) in [5.74, 6) is -1.05. The van der Waals surface area contributed by atoms with E-state index < -0.39 is 5.97 Å². The largest absolute Gasteiger partial charge is 0.478 e. The Labute approximate surface area is 116 Å². The number of carboxylic acid groups (broad SMARTS) is 1. The van der Waals surface area contributed by atoms with Crippen molar-refractivity contribution in [2.75, 3.05) is 0 Å². The van der Waals surface area contributed by atoms with E-state index in [2.05, 4.69) is 9.97 Å². The summed E-state index contributed by atoms with van der Waals surface area (Å²) in [4.78, 5) is 30.8. The molecule has 0 unspecified atom stereocenters. The minimum atomic E-state index is -1.02. The SMILES string of the molecule is CC(C)C(=O)c1ccc(-c2ccc(C(=O)O)cn2)nc1. The zero-order chi connectivity index (χ0) is 14.7. The average molecular weight is 270 g/mol. The van der Waals surface area contributed by atoms with Gasteiger partial charge >= 0.3 is 5.97 Å². The first-order valence-electron chi connectivity index (χ1n) is 6.19. The third-order valence-electron chi connectivity index (χ3n) is 2.85. The molecule has 0 aliphatic carbocycles. The molecular formula is C15H14N2O3. The molecule has 0 bridgehead atoms. The van der Waals surface area contributed by atoms with E-state index in [4.69, 9.17) is 5.11 Å². The average Bonchev–Trinajstić information content (AvgIpc) is 2.46. The van der Waals surface area contributed by atoms with Crippen LogP contribution in [0.3, 0.4) is 0 Å². The second-order valence-corrected chi connectivity index (χ2v) is 4.69. The molecule has 2 heterocycles. The molecule has 0 atom stereocenters. The Hall–Kier alpha value is -2.56. The lowest BCUT2D eigenvalue weighted by atomic mass is 10.0. The third-order valence-corrected chi connectivity index (χ3v) is 2.85. The number of carbonyl (C=O) groups is 2. The molecule has 5 nitrogen and oxygen atoms in total. The predicted octanol–water partition coefficient (Wildman–Crippen LogP) is 2.68. The maximum atomic E-state index is 11.8. The summed E-state index contributed by atoms with van der Waals surface area (Å²) in [6.45, 7) is 3.67. The molecule has 20 heavy (non-hydrogen) atoms. The van der Waals surface area contributed by atoms with Crippen molar-refractivity contribution in [1.82, 2.24) is 9.97 Å². The monoisotopic (exact) mass is 270 g/mol. The van der Waals surface area contributed by atoms with Gasteiger partial charge in [0.1, 0.15) is 0 Å². The molecular weight excluding hydrogens is 256 g/mol. The van der Waals surface area contributed by atoms with Gasteiger partial charge in [0.05, 0.1) is 17.0 Å². The Bertz CT molecular complexity index is 631. The number of hydrogen-bond donors (Lipinski definition) is 1. The number of hydrogen-bond acceptors (Lipinski definition) is 4. The third kappa shape index (κ3) is 2.88. The standard InChI is InChI=1S/C15H14N2O3/c1-9(2)14(18)10-3-5-12(16-7-10)13-6-4-11(8-17-13)15(19)20/h3-9H,1-2H3,(H,19,20). The number of Topliss-reactive ketones (excluding diaryl/α,β-unsaturated/α-hetero) is 1. The number of aromatic nitrogens is 2. The predicted molar refractivity (Wildman–Crippen MR) is 73.6 cm³/mol. The number of ketones is 1. The van der Waals surface area contributed by atoms with Crippen LogP contribution in [0, 0.1) is 5.92 Å². The van der Waals surface area contributed by atoms with Crippen LogP contribution in [0.1, 0.15) is 34.6 Å². The first-order chi connectivity index (χ1) is 9.49. The molecule has 0 aromatic carbocycles. The van der Waals surface area contributed by atoms with Crippen LogP contribution in [-0.4, -0.2) is 26.8 Å². The molecule has 2 aromatic rings. The van der Waals surface area contributed by atoms with Gasteiger partial charge < -0.3 is 5.11 Å². The van der Waals surface area contributed by atoms with Gasteiger partial charge in [0.2, 0.25) is 0 Å². The summed E-state index contributed by atoms with van der Waals surface area (Å²) in [5.41, 5.74) is 1.85. The first-order valence-corrected chi connectivity index (χ1v) is 6.19. The van der Waals surface area contributed by atoms with Gasteiger partial charge in [-0.05, 0) is 24.3 Å². The topological polar surface area (TPSA) is 80.2 Å². The number of carbonyl (C=O) groups excluding carboxylic acids is 1. The lowest BCUT2D eigenvalue weighted by Gasteiger charge is -2.05. The maximum absolute atomic E-state index is 11.8. The lowest BCUT2D eigenvalue weighted by Crippen LogP contribution is -2.07. The number of nitrogens with zero attached hydrogens (tertiary/aromatic N) is 2. The van der Waals surface area contributed by atoms with Gasteiger partial charge in [-0.1, -0.05) is 13.8 Å². The Kier molecular flexibility index (Phi) is 3.89. The molecule has 0 amide bonds. The van der Waals surface area contributed by atoms with E-state index in [1.165, 1.54) is 18.5 Å². The zero-order valence-corrected chi connectivity index (χ0v) is 11.2. The highest BCUT2D eigenvalue weighted by Crippen LogP contribution is 2.16. The maximum Gasteiger partial charge on any atom is 0.337 e. The fraction of sp³-hybridized carbons (Fsp3) is 0.200. The summed E-state index contributed by atoms with van der Waals surface area (Å²) >= 11 is 0. The van der Waals surface area contributed by atoms with Crippen LogP contribution in [0.2, 0.25) is 0 Å². The summed E-state index contributed by atoms with van der Waals surface area (Å²) in [5, 5.41) is 8.80. The van der Waals surface area contributed by atoms with Crippen LogP contribution in [0.4, 0.5) is 0 Å². The Morgan fingerprint density at radius 1 is 0.950 bits per heavy atom. The molecule has 102 valence electrons. The van der Waals surface area contributed by atoms with Crippen LogP contribution in [-0.2, 0) is 0 Å². The normalized spacial score (nSPS) is 10.6.